The first-order valence-corrected chi connectivity index (χ1v) is 7.20. The molecule has 0 atom stereocenters. The van der Waals surface area contributed by atoms with E-state index < -0.39 is 0 Å². The summed E-state index contributed by atoms with van der Waals surface area (Å²) in [6.07, 6.45) is 0. The molecule has 0 amide bonds. The van der Waals surface area contributed by atoms with Gasteiger partial charge in [-0.1, -0.05) is 28.1 Å². The van der Waals surface area contributed by atoms with Crippen molar-refractivity contribution in [2.75, 3.05) is 24.5 Å². The minimum atomic E-state index is 0.341. The van der Waals surface area contributed by atoms with E-state index >= 15 is 0 Å². The highest BCUT2D eigenvalue weighted by Crippen LogP contribution is 2.18. The number of nitrogen functional groups attached to an aromatic ring is 1. The van der Waals surface area contributed by atoms with Crippen molar-refractivity contribution in [3.8, 4) is 0 Å². The maximum atomic E-state index is 5.45. The van der Waals surface area contributed by atoms with Gasteiger partial charge in [-0.15, -0.1) is 0 Å². The highest BCUT2D eigenvalue weighted by molar-refractivity contribution is 9.10. The van der Waals surface area contributed by atoms with Crippen molar-refractivity contribution in [2.45, 2.75) is 13.2 Å². The third kappa shape index (κ3) is 4.38. The van der Waals surface area contributed by atoms with Gasteiger partial charge in [0.15, 0.2) is 5.82 Å². The lowest BCUT2D eigenvalue weighted by molar-refractivity contribution is 0.178. The zero-order valence-corrected chi connectivity index (χ0v) is 13.6. The van der Waals surface area contributed by atoms with Gasteiger partial charge in [-0.2, -0.15) is 0 Å². The summed E-state index contributed by atoms with van der Waals surface area (Å²) in [4.78, 5) is 10.7. The predicted molar refractivity (Wildman–Crippen MR) is 86.8 cm³/mol. The van der Waals surface area contributed by atoms with E-state index in [0.717, 1.165) is 16.8 Å². The summed E-state index contributed by atoms with van der Waals surface area (Å²) < 4.78 is 6.13. The Morgan fingerprint density at radius 1 is 1.33 bits per heavy atom. The van der Waals surface area contributed by atoms with E-state index in [2.05, 4.69) is 43.5 Å². The van der Waals surface area contributed by atoms with Gasteiger partial charge in [0.2, 0.25) is 0 Å². The van der Waals surface area contributed by atoms with Crippen molar-refractivity contribution in [3.05, 3.63) is 46.2 Å². The molecule has 1 heterocycles. The lowest BCUT2D eigenvalue weighted by Crippen LogP contribution is -2.20. The van der Waals surface area contributed by atoms with E-state index in [1.54, 1.807) is 13.2 Å². The summed E-state index contributed by atoms with van der Waals surface area (Å²) in [5.74, 6) is 7.38. The van der Waals surface area contributed by atoms with Gasteiger partial charge < -0.3 is 15.1 Å². The highest BCUT2D eigenvalue weighted by atomic mass is 79.9. The summed E-state index contributed by atoms with van der Waals surface area (Å²) in [6.45, 7) is 1.07. The molecule has 0 saturated carbocycles. The molecule has 0 unspecified atom stereocenters. The van der Waals surface area contributed by atoms with Crippen molar-refractivity contribution in [2.24, 2.45) is 5.84 Å². The smallest absolute Gasteiger partial charge is 0.158 e. The first kappa shape index (κ1) is 15.7. The highest BCUT2D eigenvalue weighted by Gasteiger charge is 2.09. The van der Waals surface area contributed by atoms with E-state index in [-0.39, 0.29) is 0 Å². The van der Waals surface area contributed by atoms with Crippen LogP contribution in [0.15, 0.2) is 34.8 Å². The predicted octanol–water partition coefficient (Wildman–Crippen LogP) is 2.31. The number of halogens is 1. The van der Waals surface area contributed by atoms with Crippen LogP contribution in [-0.2, 0) is 17.9 Å². The number of nitrogens with zero attached hydrogens (tertiary/aromatic N) is 3. The second-order valence-electron chi connectivity index (χ2n) is 4.59. The molecule has 0 saturated heterocycles. The number of nitrogens with two attached hydrogens (primary N) is 1. The largest absolute Gasteiger partial charge is 0.377 e. The number of methoxy groups -OCH3 is 1. The number of nitrogens with one attached hydrogen (secondary N) is 1. The maximum absolute atomic E-state index is 5.45. The van der Waals surface area contributed by atoms with Gasteiger partial charge in [-0.3, -0.25) is 0 Å². The molecule has 1 aromatic heterocycles. The Bertz CT molecular complexity index is 608. The number of hydrogen-bond acceptors (Lipinski definition) is 6. The van der Waals surface area contributed by atoms with Crippen molar-refractivity contribution in [3.63, 3.8) is 0 Å². The van der Waals surface area contributed by atoms with E-state index in [1.807, 2.05) is 24.1 Å². The Balaban J connectivity index is 2.21. The number of anilines is 2. The van der Waals surface area contributed by atoms with Crippen molar-refractivity contribution < 1.29 is 4.74 Å². The summed E-state index contributed by atoms with van der Waals surface area (Å²) >= 11 is 3.48. The standard InChI is InChI=1S/C14H18BrN5O/c1-20(8-10-4-3-5-11(15)6-10)14-7-12(19-16)17-13(18-14)9-21-2/h3-7H,8-9,16H2,1-2H3,(H,17,18,19). The number of aromatic nitrogens is 2. The number of benzene rings is 1. The molecule has 112 valence electrons. The summed E-state index contributed by atoms with van der Waals surface area (Å²) in [6, 6.07) is 9.96. The molecule has 7 heteroatoms. The minimum Gasteiger partial charge on any atom is -0.377 e. The fraction of sp³-hybridized carbons (Fsp3) is 0.286. The van der Waals surface area contributed by atoms with E-state index in [0.29, 0.717) is 18.2 Å². The van der Waals surface area contributed by atoms with Gasteiger partial charge in [-0.25, -0.2) is 15.8 Å². The molecule has 0 spiro atoms. The molecule has 21 heavy (non-hydrogen) atoms. The van der Waals surface area contributed by atoms with Crippen LogP contribution in [0.1, 0.15) is 11.4 Å². The van der Waals surface area contributed by atoms with Crippen LogP contribution in [-0.4, -0.2) is 24.1 Å². The van der Waals surface area contributed by atoms with Crippen LogP contribution in [0, 0.1) is 0 Å². The summed E-state index contributed by atoms with van der Waals surface area (Å²) in [5, 5.41) is 0. The average Bonchev–Trinajstić information content (AvgIpc) is 2.47. The van der Waals surface area contributed by atoms with Gasteiger partial charge in [0.05, 0.1) is 0 Å². The van der Waals surface area contributed by atoms with Crippen LogP contribution in [0.4, 0.5) is 11.6 Å². The summed E-state index contributed by atoms with van der Waals surface area (Å²) in [7, 11) is 3.58. The van der Waals surface area contributed by atoms with Crippen LogP contribution in [0.3, 0.4) is 0 Å². The topological polar surface area (TPSA) is 76.3 Å². The fourth-order valence-electron chi connectivity index (χ4n) is 1.94. The zero-order chi connectivity index (χ0) is 15.2. The van der Waals surface area contributed by atoms with E-state index in [1.165, 1.54) is 5.56 Å². The van der Waals surface area contributed by atoms with Crippen molar-refractivity contribution in [1.29, 1.82) is 0 Å². The molecular weight excluding hydrogens is 334 g/mol. The van der Waals surface area contributed by atoms with E-state index in [9.17, 15) is 0 Å². The van der Waals surface area contributed by atoms with Gasteiger partial charge in [0, 0.05) is 31.2 Å². The Kier molecular flexibility index (Phi) is 5.49. The molecule has 0 aliphatic carbocycles. The second-order valence-corrected chi connectivity index (χ2v) is 5.51. The zero-order valence-electron chi connectivity index (χ0n) is 12.0. The molecule has 0 radical (unpaired) electrons. The molecule has 0 aliphatic heterocycles. The molecule has 2 aromatic rings. The SMILES string of the molecule is COCc1nc(NN)cc(N(C)Cc2cccc(Br)c2)n1. The minimum absolute atomic E-state index is 0.341. The Morgan fingerprint density at radius 3 is 2.81 bits per heavy atom. The average molecular weight is 352 g/mol. The van der Waals surface area contributed by atoms with Crippen LogP contribution in [0.5, 0.6) is 0 Å². The molecule has 0 aliphatic rings. The van der Waals surface area contributed by atoms with Gasteiger partial charge >= 0.3 is 0 Å². The first-order chi connectivity index (χ1) is 10.1. The quantitative estimate of drug-likeness (QED) is 0.614. The Labute approximate surface area is 132 Å². The van der Waals surface area contributed by atoms with Crippen LogP contribution < -0.4 is 16.2 Å². The van der Waals surface area contributed by atoms with Gasteiger partial charge in [0.25, 0.3) is 0 Å². The Hall–Kier alpha value is -1.70. The van der Waals surface area contributed by atoms with Gasteiger partial charge in [-0.05, 0) is 17.7 Å². The van der Waals surface area contributed by atoms with Gasteiger partial charge in [0.1, 0.15) is 18.2 Å². The third-order valence-electron chi connectivity index (χ3n) is 2.88. The first-order valence-electron chi connectivity index (χ1n) is 6.41. The van der Waals surface area contributed by atoms with E-state index in [4.69, 9.17) is 10.6 Å². The molecule has 0 bridgehead atoms. The second kappa shape index (κ2) is 7.35. The molecular formula is C14H18BrN5O. The normalized spacial score (nSPS) is 10.5. The summed E-state index contributed by atoms with van der Waals surface area (Å²) in [5.41, 5.74) is 3.73. The van der Waals surface area contributed by atoms with Crippen LogP contribution >= 0.6 is 15.9 Å². The lowest BCUT2D eigenvalue weighted by Gasteiger charge is -2.19. The van der Waals surface area contributed by atoms with Crippen molar-refractivity contribution >= 4 is 27.6 Å². The molecule has 2 rings (SSSR count). The number of hydrogen-bond donors (Lipinski definition) is 2. The number of hydrazine groups is 1. The fourth-order valence-corrected chi connectivity index (χ4v) is 2.38. The van der Waals surface area contributed by atoms with Crippen LogP contribution in [0.25, 0.3) is 0 Å². The number of rotatable bonds is 6. The lowest BCUT2D eigenvalue weighted by atomic mass is 10.2. The molecule has 1 aromatic carbocycles. The van der Waals surface area contributed by atoms with Crippen LogP contribution in [0.2, 0.25) is 0 Å². The number of ether oxygens (including phenoxy) is 1. The Morgan fingerprint density at radius 2 is 2.14 bits per heavy atom. The van der Waals surface area contributed by atoms with Crippen molar-refractivity contribution in [1.82, 2.24) is 9.97 Å². The monoisotopic (exact) mass is 351 g/mol. The molecule has 0 fully saturated rings. The third-order valence-corrected chi connectivity index (χ3v) is 3.37. The maximum Gasteiger partial charge on any atom is 0.158 e. The molecule has 6 nitrogen and oxygen atoms in total. The molecule has 3 N–H and O–H groups in total.